The molecule has 1 aliphatic rings. The molecule has 11 heteroatoms. The molecule has 10 nitrogen and oxygen atoms in total. The minimum atomic E-state index is -4.12. The molecule has 2 N–H and O–H groups in total. The van der Waals surface area contributed by atoms with E-state index in [1.165, 1.54) is 12.1 Å². The van der Waals surface area contributed by atoms with Crippen molar-refractivity contribution in [3.63, 3.8) is 0 Å². The molecule has 156 valence electrons. The summed E-state index contributed by atoms with van der Waals surface area (Å²) >= 11 is 0. The number of hydrogen-bond donors (Lipinski definition) is 1. The zero-order chi connectivity index (χ0) is 20.9. The lowest BCUT2D eigenvalue weighted by Crippen LogP contribution is -2.41. The van der Waals surface area contributed by atoms with E-state index in [4.69, 9.17) is 5.14 Å². The number of hydrogen-bond acceptors (Lipinski definition) is 7. The van der Waals surface area contributed by atoms with E-state index in [2.05, 4.69) is 0 Å². The fourth-order valence-corrected chi connectivity index (χ4v) is 4.12. The molecule has 2 rings (SSSR count). The molecule has 0 spiro atoms. The topological polar surface area (TPSA) is 130 Å². The molecule has 0 aromatic heterocycles. The van der Waals surface area contributed by atoms with Crippen molar-refractivity contribution in [1.82, 2.24) is 9.80 Å². The molecule has 1 saturated heterocycles. The highest BCUT2D eigenvalue weighted by atomic mass is 32.2. The Hall–Kier alpha value is -2.24. The summed E-state index contributed by atoms with van der Waals surface area (Å²) < 4.78 is 24.0. The summed E-state index contributed by atoms with van der Waals surface area (Å²) in [6, 6.07) is 3.70. The van der Waals surface area contributed by atoms with Gasteiger partial charge >= 0.3 is 0 Å². The zero-order valence-electron chi connectivity index (χ0n) is 16.2. The van der Waals surface area contributed by atoms with Crippen molar-refractivity contribution in [1.29, 1.82) is 0 Å². The first-order chi connectivity index (χ1) is 13.2. The second kappa shape index (κ2) is 9.30. The van der Waals surface area contributed by atoms with Gasteiger partial charge in [0.15, 0.2) is 0 Å². The fourth-order valence-electron chi connectivity index (χ4n) is 3.34. The van der Waals surface area contributed by atoms with Crippen LogP contribution in [-0.2, 0) is 14.8 Å². The van der Waals surface area contributed by atoms with Crippen LogP contribution in [0.3, 0.4) is 0 Å². The van der Waals surface area contributed by atoms with Crippen LogP contribution >= 0.6 is 0 Å². The summed E-state index contributed by atoms with van der Waals surface area (Å²) in [4.78, 5) is 28.1. The Kier molecular flexibility index (Phi) is 7.33. The number of anilines is 1. The van der Waals surface area contributed by atoms with E-state index in [0.29, 0.717) is 51.5 Å². The average Bonchev–Trinajstić information content (AvgIpc) is 2.87. The maximum Gasteiger partial charge on any atom is 0.270 e. The monoisotopic (exact) mass is 413 g/mol. The molecule has 1 aromatic carbocycles. The van der Waals surface area contributed by atoms with E-state index in [1.807, 2.05) is 23.6 Å². The first-order valence-corrected chi connectivity index (χ1v) is 10.8. The van der Waals surface area contributed by atoms with Gasteiger partial charge in [0.05, 0.1) is 17.2 Å². The van der Waals surface area contributed by atoms with E-state index in [9.17, 15) is 23.3 Å². The third-order valence-electron chi connectivity index (χ3n) is 4.86. The van der Waals surface area contributed by atoms with E-state index < -0.39 is 14.9 Å². The van der Waals surface area contributed by atoms with Gasteiger partial charge in [0, 0.05) is 51.4 Å². The summed E-state index contributed by atoms with van der Waals surface area (Å²) in [5.41, 5.74) is 0.0269. The van der Waals surface area contributed by atoms with Crippen molar-refractivity contribution < 1.29 is 18.1 Å². The minimum Gasteiger partial charge on any atom is -0.369 e. The number of nitro benzene ring substituents is 1. The Balaban J connectivity index is 2.18. The number of rotatable bonds is 7. The molecule has 0 bridgehead atoms. The number of likely N-dealkylation sites (N-methyl/N-ethyl adjacent to an activating group) is 1. The number of amides is 1. The molecule has 0 radical (unpaired) electrons. The van der Waals surface area contributed by atoms with E-state index in [1.54, 1.807) is 4.90 Å². The number of carbonyl (C=O) groups is 1. The van der Waals surface area contributed by atoms with Gasteiger partial charge in [0.2, 0.25) is 15.9 Å². The predicted octanol–water partition coefficient (Wildman–Crippen LogP) is 0.623. The zero-order valence-corrected chi connectivity index (χ0v) is 17.0. The van der Waals surface area contributed by atoms with Crippen LogP contribution in [0.5, 0.6) is 0 Å². The Morgan fingerprint density at radius 3 is 2.46 bits per heavy atom. The lowest BCUT2D eigenvalue weighted by atomic mass is 10.2. The lowest BCUT2D eigenvalue weighted by Gasteiger charge is -2.26. The molecular formula is C17H27N5O5S. The van der Waals surface area contributed by atoms with Crippen molar-refractivity contribution in [2.24, 2.45) is 5.14 Å². The Morgan fingerprint density at radius 1 is 1.21 bits per heavy atom. The maximum atomic E-state index is 12.3. The SMILES string of the molecule is CCN(CC)C(=O)CN1CCCN(c2ccc([N+](=O)[O-])cc2S(N)(=O)=O)CC1. The summed E-state index contributed by atoms with van der Waals surface area (Å²) in [6.07, 6.45) is 0.729. The van der Waals surface area contributed by atoms with E-state index in [-0.39, 0.29) is 16.5 Å². The van der Waals surface area contributed by atoms with Crippen LogP contribution < -0.4 is 10.0 Å². The first kappa shape index (κ1) is 22.1. The van der Waals surface area contributed by atoms with Crippen LogP contribution in [-0.4, -0.2) is 74.9 Å². The number of nitrogens with zero attached hydrogens (tertiary/aromatic N) is 4. The van der Waals surface area contributed by atoms with Gasteiger partial charge in [-0.1, -0.05) is 0 Å². The van der Waals surface area contributed by atoms with Crippen molar-refractivity contribution in [2.75, 3.05) is 50.7 Å². The summed E-state index contributed by atoms with van der Waals surface area (Å²) in [5, 5.41) is 16.3. The number of benzene rings is 1. The third kappa shape index (κ3) is 5.40. The maximum absolute atomic E-state index is 12.3. The second-order valence-corrected chi connectivity index (χ2v) is 8.17. The number of primary sulfonamides is 1. The summed E-state index contributed by atoms with van der Waals surface area (Å²) in [6.45, 7) is 7.87. The molecule has 1 aromatic rings. The summed E-state index contributed by atoms with van der Waals surface area (Å²) in [5.74, 6) is 0.0685. The van der Waals surface area contributed by atoms with Crippen LogP contribution in [0.4, 0.5) is 11.4 Å². The van der Waals surface area contributed by atoms with Gasteiger partial charge in [-0.25, -0.2) is 13.6 Å². The van der Waals surface area contributed by atoms with Gasteiger partial charge in [0.25, 0.3) is 5.69 Å². The minimum absolute atomic E-state index is 0.0685. The van der Waals surface area contributed by atoms with Crippen LogP contribution in [0.2, 0.25) is 0 Å². The Bertz CT molecular complexity index is 825. The molecule has 0 saturated carbocycles. The van der Waals surface area contributed by atoms with Crippen molar-refractivity contribution in [3.05, 3.63) is 28.3 Å². The molecule has 1 heterocycles. The van der Waals surface area contributed by atoms with Crippen LogP contribution in [0.15, 0.2) is 23.1 Å². The highest BCUT2D eigenvalue weighted by Crippen LogP contribution is 2.29. The number of nitrogens with two attached hydrogens (primary N) is 1. The number of non-ortho nitro benzene ring substituents is 1. The second-order valence-electron chi connectivity index (χ2n) is 6.64. The largest absolute Gasteiger partial charge is 0.369 e. The molecule has 1 aliphatic heterocycles. The molecular weight excluding hydrogens is 386 g/mol. The highest BCUT2D eigenvalue weighted by molar-refractivity contribution is 7.89. The highest BCUT2D eigenvalue weighted by Gasteiger charge is 2.25. The number of sulfonamides is 1. The third-order valence-corrected chi connectivity index (χ3v) is 5.80. The van der Waals surface area contributed by atoms with Gasteiger partial charge < -0.3 is 9.80 Å². The summed E-state index contributed by atoms with van der Waals surface area (Å²) in [7, 11) is -4.12. The lowest BCUT2D eigenvalue weighted by molar-refractivity contribution is -0.385. The van der Waals surface area contributed by atoms with Gasteiger partial charge in [-0.3, -0.25) is 19.8 Å². The van der Waals surface area contributed by atoms with Crippen LogP contribution in [0.1, 0.15) is 20.3 Å². The Morgan fingerprint density at radius 2 is 1.89 bits per heavy atom. The van der Waals surface area contributed by atoms with Crippen molar-refractivity contribution in [2.45, 2.75) is 25.2 Å². The quantitative estimate of drug-likeness (QED) is 0.512. The molecule has 0 unspecified atom stereocenters. The van der Waals surface area contributed by atoms with E-state index in [0.717, 1.165) is 12.5 Å². The van der Waals surface area contributed by atoms with Crippen LogP contribution in [0.25, 0.3) is 0 Å². The molecule has 0 aliphatic carbocycles. The molecule has 1 fully saturated rings. The van der Waals surface area contributed by atoms with Gasteiger partial charge in [-0.15, -0.1) is 0 Å². The van der Waals surface area contributed by atoms with Gasteiger partial charge in [0.1, 0.15) is 4.90 Å². The average molecular weight is 414 g/mol. The number of nitro groups is 1. The van der Waals surface area contributed by atoms with Crippen LogP contribution in [0, 0.1) is 10.1 Å². The van der Waals surface area contributed by atoms with Crippen molar-refractivity contribution >= 4 is 27.3 Å². The normalized spacial score (nSPS) is 15.9. The van der Waals surface area contributed by atoms with Gasteiger partial charge in [-0.2, -0.15) is 0 Å². The van der Waals surface area contributed by atoms with Gasteiger partial charge in [-0.05, 0) is 26.3 Å². The number of carbonyl (C=O) groups excluding carboxylic acids is 1. The Labute approximate surface area is 165 Å². The molecule has 28 heavy (non-hydrogen) atoms. The predicted molar refractivity (Wildman–Crippen MR) is 106 cm³/mol. The standard InChI is InChI=1S/C17H27N5O5S/c1-3-20(4-2)17(23)13-19-8-5-9-21(11-10-19)15-7-6-14(22(24)25)12-16(15)28(18,26)27/h6-7,12H,3-5,8-11,13H2,1-2H3,(H2,18,26,27). The fraction of sp³-hybridized carbons (Fsp3) is 0.588. The smallest absolute Gasteiger partial charge is 0.270 e. The first-order valence-electron chi connectivity index (χ1n) is 9.23. The van der Waals surface area contributed by atoms with Crippen molar-refractivity contribution in [3.8, 4) is 0 Å². The van der Waals surface area contributed by atoms with E-state index >= 15 is 0 Å². The molecule has 1 amide bonds. The molecule has 0 atom stereocenters.